The first-order valence-corrected chi connectivity index (χ1v) is 37.6. The number of nitrogens with one attached hydrogen (secondary N) is 5. The van der Waals surface area contributed by atoms with Crippen molar-refractivity contribution in [3.8, 4) is 17.2 Å². The number of benzene rings is 5. The molecule has 12 atom stereocenters. The van der Waals surface area contributed by atoms with Crippen molar-refractivity contribution < 1.29 is 87.2 Å². The zero-order valence-corrected chi connectivity index (χ0v) is 64.3. The van der Waals surface area contributed by atoms with Crippen molar-refractivity contribution in [2.75, 3.05) is 48.8 Å². The Hall–Kier alpha value is -10.9. The van der Waals surface area contributed by atoms with Crippen LogP contribution in [-0.2, 0) is 49.6 Å². The van der Waals surface area contributed by atoms with Gasteiger partial charge in [-0.25, -0.2) is 9.78 Å². The van der Waals surface area contributed by atoms with Gasteiger partial charge in [-0.15, -0.1) is 0 Å². The van der Waals surface area contributed by atoms with Crippen LogP contribution in [0.25, 0.3) is 38.7 Å². The Morgan fingerprint density at radius 3 is 2.20 bits per heavy atom. The lowest BCUT2D eigenvalue weighted by atomic mass is 9.78. The number of carbonyl (C=O) groups is 7. The van der Waals surface area contributed by atoms with E-state index in [0.717, 1.165) is 11.1 Å². The first-order chi connectivity index (χ1) is 52.8. The minimum atomic E-state index is -2.05. The molecule has 5 aromatic carbocycles. The maximum atomic E-state index is 15.2. The number of primary amides is 1. The Morgan fingerprint density at radius 1 is 0.829 bits per heavy atom. The summed E-state index contributed by atoms with van der Waals surface area (Å²) in [4.78, 5) is 129. The van der Waals surface area contributed by atoms with Crippen LogP contribution in [-0.4, -0.2) is 159 Å². The molecular weight excluding hydrogens is 1430 g/mol. The molecule has 594 valence electrons. The summed E-state index contributed by atoms with van der Waals surface area (Å²) in [6.45, 7) is 17.8. The zero-order valence-electron chi connectivity index (χ0n) is 64.3. The summed E-state index contributed by atoms with van der Waals surface area (Å²) >= 11 is 0. The minimum absolute atomic E-state index is 0.0148. The van der Waals surface area contributed by atoms with E-state index in [2.05, 4.69) is 26.6 Å². The number of aromatic nitrogens is 1. The van der Waals surface area contributed by atoms with E-state index in [9.17, 15) is 63.9 Å². The number of ether oxygens (including phenoxy) is 5. The number of phenols is 1. The summed E-state index contributed by atoms with van der Waals surface area (Å²) in [7, 11) is 1.43. The largest absolute Gasteiger partial charge is 0.507 e. The Labute approximate surface area is 641 Å². The molecule has 4 aliphatic heterocycles. The summed E-state index contributed by atoms with van der Waals surface area (Å²) in [6.07, 6.45) is 8.67. The van der Waals surface area contributed by atoms with E-state index in [1.807, 2.05) is 29.2 Å². The maximum Gasteiger partial charge on any atom is 0.312 e. The van der Waals surface area contributed by atoms with Crippen LogP contribution in [0.5, 0.6) is 17.2 Å². The van der Waals surface area contributed by atoms with E-state index in [-0.39, 0.29) is 105 Å². The van der Waals surface area contributed by atoms with Gasteiger partial charge in [-0.05, 0) is 112 Å². The smallest absolute Gasteiger partial charge is 0.312 e. The van der Waals surface area contributed by atoms with Crippen molar-refractivity contribution in [2.45, 2.75) is 182 Å². The number of aliphatic hydroxyl groups is 4. The number of aromatic hydroxyl groups is 1. The van der Waals surface area contributed by atoms with Gasteiger partial charge in [0.15, 0.2) is 22.4 Å². The summed E-state index contributed by atoms with van der Waals surface area (Å²) in [5.41, 5.74) is 5.60. The molecule has 0 aliphatic carbocycles. The average Bonchev–Trinajstić information content (AvgIpc) is 1.65. The molecule has 0 saturated carbocycles. The molecule has 0 spiro atoms. The molecule has 111 heavy (non-hydrogen) atoms. The molecular formula is C82H101N9O20. The number of allylic oxidation sites excluding steroid dienone is 2. The van der Waals surface area contributed by atoms with Crippen LogP contribution in [0.15, 0.2) is 123 Å². The number of nitrogens with zero attached hydrogens (tertiary/aromatic N) is 3. The highest BCUT2D eigenvalue weighted by atomic mass is 16.7. The van der Waals surface area contributed by atoms with Crippen LogP contribution in [0.3, 0.4) is 0 Å². The number of phenolic OH excluding ortho intramolecular Hbond substituents is 1. The van der Waals surface area contributed by atoms with Crippen LogP contribution in [0.1, 0.15) is 136 Å². The second-order valence-electron chi connectivity index (χ2n) is 29.7. The van der Waals surface area contributed by atoms with Gasteiger partial charge in [0.2, 0.25) is 34.5 Å². The van der Waals surface area contributed by atoms with E-state index in [0.29, 0.717) is 75.3 Å². The quantitative estimate of drug-likeness (QED) is 0.0126. The van der Waals surface area contributed by atoms with E-state index in [1.54, 1.807) is 84.0 Å². The second kappa shape index (κ2) is 35.9. The third-order valence-corrected chi connectivity index (χ3v) is 21.4. The van der Waals surface area contributed by atoms with Gasteiger partial charge in [0.1, 0.15) is 59.5 Å². The first-order valence-electron chi connectivity index (χ1n) is 37.6. The number of piperidine rings is 1. The molecule has 1 unspecified atom stereocenters. The van der Waals surface area contributed by atoms with E-state index < -0.39 is 130 Å². The lowest BCUT2D eigenvalue weighted by Gasteiger charge is -2.38. The van der Waals surface area contributed by atoms with Crippen molar-refractivity contribution >= 4 is 97.3 Å². The number of hydrogen-bond acceptors (Lipinski definition) is 22. The van der Waals surface area contributed by atoms with Gasteiger partial charge in [0, 0.05) is 123 Å². The fourth-order valence-electron chi connectivity index (χ4n) is 14.8. The fourth-order valence-corrected chi connectivity index (χ4v) is 14.8. The number of anilines is 3. The van der Waals surface area contributed by atoms with Crippen LogP contribution in [0.2, 0.25) is 0 Å². The molecule has 1 aromatic heterocycles. The summed E-state index contributed by atoms with van der Waals surface area (Å²) in [5, 5.41) is 70.8. The van der Waals surface area contributed by atoms with Crippen molar-refractivity contribution in [2.24, 2.45) is 35.3 Å². The highest BCUT2D eigenvalue weighted by Crippen LogP contribution is 2.43. The summed E-state index contributed by atoms with van der Waals surface area (Å²) < 4.78 is 37.0. The van der Waals surface area contributed by atoms with E-state index >= 15 is 4.79 Å². The van der Waals surface area contributed by atoms with Gasteiger partial charge in [0.25, 0.3) is 5.91 Å². The zero-order chi connectivity index (χ0) is 80.4. The van der Waals surface area contributed by atoms with Crippen LogP contribution in [0, 0.1) is 36.5 Å². The van der Waals surface area contributed by atoms with Crippen molar-refractivity contribution in [1.82, 2.24) is 25.8 Å². The van der Waals surface area contributed by atoms with Gasteiger partial charge in [-0.3, -0.25) is 38.4 Å². The number of nitrogens with two attached hydrogens (primary N) is 1. The maximum absolute atomic E-state index is 15.2. The highest BCUT2D eigenvalue weighted by Gasteiger charge is 2.45. The highest BCUT2D eigenvalue weighted by molar-refractivity contribution is 6.17. The number of aliphatic hydroxyl groups excluding tert-OH is 4. The Morgan fingerprint density at radius 2 is 1.54 bits per heavy atom. The monoisotopic (exact) mass is 1530 g/mol. The Kier molecular flexibility index (Phi) is 26.7. The second-order valence-corrected chi connectivity index (χ2v) is 29.7. The van der Waals surface area contributed by atoms with Gasteiger partial charge in [-0.1, -0.05) is 90.5 Å². The molecule has 1 fully saturated rings. The van der Waals surface area contributed by atoms with Crippen molar-refractivity contribution in [3.05, 3.63) is 151 Å². The van der Waals surface area contributed by atoms with Gasteiger partial charge < -0.3 is 95.8 Å². The van der Waals surface area contributed by atoms with Gasteiger partial charge in [0.05, 0.1) is 35.2 Å². The number of rotatable bonds is 23. The first kappa shape index (κ1) is 82.6. The molecule has 4 bridgehead atoms. The number of fused-ring (bicyclic) bond motifs is 2. The summed E-state index contributed by atoms with van der Waals surface area (Å²) in [5.74, 6) is -8.68. The molecule has 12 N–H and O–H groups in total. The van der Waals surface area contributed by atoms with Gasteiger partial charge in [-0.2, -0.15) is 0 Å². The molecule has 4 aliphatic rings. The molecule has 29 heteroatoms. The molecule has 29 nitrogen and oxygen atoms in total. The molecule has 0 radical (unpaired) electrons. The average molecular weight is 1530 g/mol. The van der Waals surface area contributed by atoms with E-state index in [1.165, 1.54) is 76.3 Å². The number of amides is 7. The number of carbonyl (C=O) groups excluding carboxylic acids is 7. The normalized spacial score (nSPS) is 24.2. The van der Waals surface area contributed by atoms with Crippen LogP contribution < -0.4 is 62.8 Å². The lowest BCUT2D eigenvalue weighted by molar-refractivity contribution is -0.160. The number of esters is 1. The predicted molar refractivity (Wildman–Crippen MR) is 416 cm³/mol. The third-order valence-electron chi connectivity index (χ3n) is 21.4. The molecule has 6 aromatic rings. The van der Waals surface area contributed by atoms with Crippen molar-refractivity contribution in [3.63, 3.8) is 0 Å². The Bertz CT molecular complexity index is 4800. The minimum Gasteiger partial charge on any atom is -0.507 e. The third kappa shape index (κ3) is 18.9. The number of unbranched alkanes of at least 4 members (excludes halogenated alkanes) is 2. The SMILES string of the molecule is CO[C@H]1/C=C/O[C@@]2(C)Oc3c(C)c(O)c4c(=O)c(c5oc6cc(N7CCC(c8ccc(OCc9ccc(NC(=O)[C@H](CCCNC(N)=O)NC(=O)[C@@H](NC(=O)CCCCCN%10C(=O)C=CC%10O)C(C)C)cc9)cc8)CC7)cc(=O)c6nc5c4c3=C2O)NC(=O)/C(C)=C\C=C\[C@H](C)[C@H](O)[C@@H](C)[C@@H](O)[C@@H](C)[C@H](OC(C)=O)[C@@H]1C. The number of hydrogen-bond donors (Lipinski definition) is 11. The number of urea groups is 1. The number of methoxy groups -OCH3 is 1. The fraction of sp³-hybridized carbons (Fsp3) is 0.463. The Balaban J connectivity index is 0.828. The molecule has 7 amide bonds. The topological polar surface area (TPSA) is 420 Å². The van der Waals surface area contributed by atoms with E-state index in [4.69, 9.17) is 38.8 Å². The molecule has 5 heterocycles. The standard InChI is InChI=1S/C82H101N9O20/c1-42(2)66(87-60(94)20-13-12-14-35-91-61(95)29-30-62(91)96)80(104)86-56(19-16-34-84-81(83)105)79(103)85-53-25-21-50(22-26-53)41-107-55-27-23-51(24-28-55)52-31-36-90(37-32-52)54-39-57(93)67-59(40-54)110-76-68(88-67)63-64-72(99)48(8)75-65(63)77(101)82(10,111-75)108-38-33-58(106-11)45(5)74(109-49(9)92)47(7)71(98)46(6)70(97)43(3)17-15-18-44(4)78(102)89-69(76)73(64)100/h15,17-18,21-30,33,38-40,42-43,45-47,52,56,58,61,66,70-71,74,95,97-99,101H,12-14,16,19-20,31-32,34-37,41H2,1-11H3,(H,85,103)(H,86,104)(H,87,94)(H,89,102)(H3,83,84,105)/b17-15+,38-33+,44-18-/t43-,45+,46+,47+,56-,58-,61?,66-,70-,71+,74+,82-/m0/s1. The van der Waals surface area contributed by atoms with Crippen molar-refractivity contribution in [1.29, 1.82) is 0 Å². The van der Waals surface area contributed by atoms with Gasteiger partial charge >= 0.3 is 17.8 Å². The predicted octanol–water partition coefficient (Wildman–Crippen LogP) is 7.81. The van der Waals surface area contributed by atoms with Crippen LogP contribution in [0.4, 0.5) is 21.9 Å². The molecule has 1 saturated heterocycles. The summed E-state index contributed by atoms with van der Waals surface area (Å²) in [6, 6.07) is 15.1. The lowest BCUT2D eigenvalue weighted by Crippen LogP contribution is -2.54. The van der Waals surface area contributed by atoms with Crippen LogP contribution >= 0.6 is 0 Å². The molecule has 10 rings (SSSR count).